The number of rotatable bonds is 3. The summed E-state index contributed by atoms with van der Waals surface area (Å²) in [5.74, 6) is 0.898. The average Bonchev–Trinajstić information content (AvgIpc) is 2.93. The molecule has 5 nitrogen and oxygen atoms in total. The van der Waals surface area contributed by atoms with Crippen molar-refractivity contribution >= 4 is 29.3 Å². The maximum Gasteiger partial charge on any atom is 0.242 e. The summed E-state index contributed by atoms with van der Waals surface area (Å²) in [5.41, 5.74) is 0.972. The maximum atomic E-state index is 12.9. The van der Waals surface area contributed by atoms with Crippen LogP contribution in [0.15, 0.2) is 24.3 Å². The second kappa shape index (κ2) is 6.56. The van der Waals surface area contributed by atoms with E-state index in [-0.39, 0.29) is 24.2 Å². The number of carbonyl (C=O) groups excluding carboxylic acids is 2. The molecule has 2 aliphatic rings. The Morgan fingerprint density at radius 1 is 1.14 bits per heavy atom. The zero-order valence-electron chi connectivity index (χ0n) is 12.2. The number of carbonyl (C=O) groups is 2. The lowest BCUT2D eigenvalue weighted by atomic mass is 10.2. The SMILES string of the molecule is O=C(CN1CSCC1=O)N1CCN(c2ccc(F)cc2)CC1. The van der Waals surface area contributed by atoms with Crippen LogP contribution >= 0.6 is 11.8 Å². The van der Waals surface area contributed by atoms with Crippen molar-refractivity contribution in [3.63, 3.8) is 0 Å². The Hall–Kier alpha value is -1.76. The summed E-state index contributed by atoms with van der Waals surface area (Å²) in [6, 6.07) is 6.41. The van der Waals surface area contributed by atoms with E-state index in [1.165, 1.54) is 12.1 Å². The normalized spacial score (nSPS) is 19.0. The highest BCUT2D eigenvalue weighted by molar-refractivity contribution is 8.00. The fourth-order valence-corrected chi connectivity index (χ4v) is 3.57. The number of anilines is 1. The molecular formula is C15H18FN3O2S. The molecule has 0 spiro atoms. The highest BCUT2D eigenvalue weighted by atomic mass is 32.2. The van der Waals surface area contributed by atoms with Crippen LogP contribution in [0.3, 0.4) is 0 Å². The van der Waals surface area contributed by atoms with Gasteiger partial charge in [0.15, 0.2) is 0 Å². The highest BCUT2D eigenvalue weighted by Gasteiger charge is 2.27. The molecule has 118 valence electrons. The Morgan fingerprint density at radius 3 is 2.41 bits per heavy atom. The Morgan fingerprint density at radius 2 is 1.82 bits per heavy atom. The van der Waals surface area contributed by atoms with E-state index in [0.717, 1.165) is 18.8 Å². The summed E-state index contributed by atoms with van der Waals surface area (Å²) in [7, 11) is 0. The smallest absolute Gasteiger partial charge is 0.242 e. The summed E-state index contributed by atoms with van der Waals surface area (Å²) in [5, 5.41) is 0. The third-order valence-electron chi connectivity index (χ3n) is 3.98. The third kappa shape index (κ3) is 3.35. The summed E-state index contributed by atoms with van der Waals surface area (Å²) < 4.78 is 12.9. The number of thioether (sulfide) groups is 1. The number of hydrogen-bond donors (Lipinski definition) is 0. The second-order valence-corrected chi connectivity index (χ2v) is 6.37. The standard InChI is InChI=1S/C15H18FN3O2S/c16-12-1-3-13(4-2-12)17-5-7-18(8-6-17)14(20)9-19-11-22-10-15(19)21/h1-4H,5-11H2. The van der Waals surface area contributed by atoms with Crippen molar-refractivity contribution in [2.24, 2.45) is 0 Å². The van der Waals surface area contributed by atoms with Crippen LogP contribution in [-0.4, -0.2) is 66.0 Å². The molecule has 0 saturated carbocycles. The summed E-state index contributed by atoms with van der Waals surface area (Å²) in [4.78, 5) is 29.3. The number of halogens is 1. The highest BCUT2D eigenvalue weighted by Crippen LogP contribution is 2.18. The van der Waals surface area contributed by atoms with E-state index in [2.05, 4.69) is 4.90 Å². The van der Waals surface area contributed by atoms with Crippen LogP contribution < -0.4 is 4.90 Å². The first-order chi connectivity index (χ1) is 10.6. The van der Waals surface area contributed by atoms with Gasteiger partial charge < -0.3 is 14.7 Å². The number of hydrogen-bond acceptors (Lipinski definition) is 4. The van der Waals surface area contributed by atoms with Crippen molar-refractivity contribution in [3.05, 3.63) is 30.1 Å². The van der Waals surface area contributed by atoms with Crippen LogP contribution in [0.5, 0.6) is 0 Å². The van der Waals surface area contributed by atoms with Crippen molar-refractivity contribution in [1.82, 2.24) is 9.80 Å². The van der Waals surface area contributed by atoms with Crippen LogP contribution in [0.4, 0.5) is 10.1 Å². The zero-order valence-corrected chi connectivity index (χ0v) is 13.0. The molecule has 22 heavy (non-hydrogen) atoms. The molecule has 3 rings (SSSR count). The van der Waals surface area contributed by atoms with Gasteiger partial charge in [0.25, 0.3) is 0 Å². The lowest BCUT2D eigenvalue weighted by Crippen LogP contribution is -2.51. The summed E-state index contributed by atoms with van der Waals surface area (Å²) >= 11 is 1.54. The molecule has 0 unspecified atom stereocenters. The van der Waals surface area contributed by atoms with Crippen LogP contribution in [0.1, 0.15) is 0 Å². The zero-order chi connectivity index (χ0) is 15.5. The van der Waals surface area contributed by atoms with Gasteiger partial charge in [-0.3, -0.25) is 9.59 Å². The van der Waals surface area contributed by atoms with Gasteiger partial charge in [-0.15, -0.1) is 11.8 Å². The maximum absolute atomic E-state index is 12.9. The molecule has 2 fully saturated rings. The van der Waals surface area contributed by atoms with Gasteiger partial charge in [0.2, 0.25) is 11.8 Å². The minimum atomic E-state index is -0.245. The molecule has 0 bridgehead atoms. The average molecular weight is 323 g/mol. The van der Waals surface area contributed by atoms with Crippen LogP contribution in [0.25, 0.3) is 0 Å². The van der Waals surface area contributed by atoms with E-state index in [1.54, 1.807) is 33.7 Å². The minimum Gasteiger partial charge on any atom is -0.368 e. The van der Waals surface area contributed by atoms with E-state index in [0.29, 0.717) is 24.7 Å². The van der Waals surface area contributed by atoms with Gasteiger partial charge in [-0.05, 0) is 24.3 Å². The van der Waals surface area contributed by atoms with Gasteiger partial charge in [0.05, 0.1) is 11.6 Å². The van der Waals surface area contributed by atoms with Crippen molar-refractivity contribution in [3.8, 4) is 0 Å². The molecule has 7 heteroatoms. The van der Waals surface area contributed by atoms with Gasteiger partial charge in [-0.25, -0.2) is 4.39 Å². The third-order valence-corrected chi connectivity index (χ3v) is 4.92. The monoisotopic (exact) mass is 323 g/mol. The lowest BCUT2D eigenvalue weighted by molar-refractivity contribution is -0.138. The predicted octanol–water partition coefficient (Wildman–Crippen LogP) is 1.01. The van der Waals surface area contributed by atoms with E-state index < -0.39 is 0 Å². The van der Waals surface area contributed by atoms with E-state index in [4.69, 9.17) is 0 Å². The Kier molecular flexibility index (Phi) is 4.52. The van der Waals surface area contributed by atoms with Gasteiger partial charge in [0, 0.05) is 31.9 Å². The first kappa shape index (κ1) is 15.1. The fraction of sp³-hybridized carbons (Fsp3) is 0.467. The molecular weight excluding hydrogens is 305 g/mol. The van der Waals surface area contributed by atoms with Crippen molar-refractivity contribution < 1.29 is 14.0 Å². The van der Waals surface area contributed by atoms with Crippen molar-refractivity contribution in [2.75, 3.05) is 49.3 Å². The largest absolute Gasteiger partial charge is 0.368 e. The molecule has 0 aromatic heterocycles. The van der Waals surface area contributed by atoms with Crippen molar-refractivity contribution in [2.45, 2.75) is 0 Å². The molecule has 2 saturated heterocycles. The Labute approximate surface area is 133 Å². The molecule has 0 atom stereocenters. The van der Waals surface area contributed by atoms with Gasteiger partial charge >= 0.3 is 0 Å². The van der Waals surface area contributed by atoms with E-state index in [1.807, 2.05) is 0 Å². The Balaban J connectivity index is 1.51. The molecule has 2 heterocycles. The molecule has 2 amide bonds. The molecule has 0 aliphatic carbocycles. The van der Waals surface area contributed by atoms with Crippen LogP contribution in [-0.2, 0) is 9.59 Å². The van der Waals surface area contributed by atoms with Gasteiger partial charge in [-0.2, -0.15) is 0 Å². The topological polar surface area (TPSA) is 43.9 Å². The lowest BCUT2D eigenvalue weighted by Gasteiger charge is -2.36. The number of benzene rings is 1. The van der Waals surface area contributed by atoms with Gasteiger partial charge in [-0.1, -0.05) is 0 Å². The van der Waals surface area contributed by atoms with E-state index in [9.17, 15) is 14.0 Å². The Bertz CT molecular complexity index is 558. The molecule has 1 aromatic carbocycles. The molecule has 2 aliphatic heterocycles. The number of amides is 2. The molecule has 0 radical (unpaired) electrons. The number of piperazine rings is 1. The van der Waals surface area contributed by atoms with E-state index >= 15 is 0 Å². The molecule has 0 N–H and O–H groups in total. The molecule has 1 aromatic rings. The quantitative estimate of drug-likeness (QED) is 0.833. The van der Waals surface area contributed by atoms with Gasteiger partial charge in [0.1, 0.15) is 12.4 Å². The summed E-state index contributed by atoms with van der Waals surface area (Å²) in [6.07, 6.45) is 0. The van der Waals surface area contributed by atoms with Crippen LogP contribution in [0.2, 0.25) is 0 Å². The predicted molar refractivity (Wildman–Crippen MR) is 84.2 cm³/mol. The van der Waals surface area contributed by atoms with Crippen molar-refractivity contribution in [1.29, 1.82) is 0 Å². The number of nitrogens with zero attached hydrogens (tertiary/aromatic N) is 3. The summed E-state index contributed by atoms with van der Waals surface area (Å²) in [6.45, 7) is 2.89. The fourth-order valence-electron chi connectivity index (χ4n) is 2.67. The first-order valence-electron chi connectivity index (χ1n) is 7.27. The first-order valence-corrected chi connectivity index (χ1v) is 8.43. The second-order valence-electron chi connectivity index (χ2n) is 5.41. The van der Waals surface area contributed by atoms with Crippen LogP contribution in [0, 0.1) is 5.82 Å². The minimum absolute atomic E-state index is 0.00889.